The van der Waals surface area contributed by atoms with Gasteiger partial charge in [0, 0.05) is 6.42 Å². The van der Waals surface area contributed by atoms with Crippen molar-refractivity contribution in [3.63, 3.8) is 0 Å². The molecular formula is C12H23FO2. The molecular weight excluding hydrogens is 195 g/mol. The Hall–Kier alpha value is -0.600. The van der Waals surface area contributed by atoms with E-state index in [2.05, 4.69) is 11.7 Å². The summed E-state index contributed by atoms with van der Waals surface area (Å²) in [4.78, 5) is 11.1. The summed E-state index contributed by atoms with van der Waals surface area (Å²) in [5.74, 6) is 0.293. The molecule has 0 aromatic heterocycles. The molecule has 0 radical (unpaired) electrons. The van der Waals surface area contributed by atoms with Gasteiger partial charge >= 0.3 is 5.97 Å². The number of rotatable bonds is 9. The van der Waals surface area contributed by atoms with E-state index in [4.69, 9.17) is 0 Å². The molecule has 90 valence electrons. The molecule has 0 saturated carbocycles. The lowest BCUT2D eigenvalue weighted by Gasteiger charge is -2.14. The fraction of sp³-hybridized carbons (Fsp3) is 0.917. The van der Waals surface area contributed by atoms with Crippen LogP contribution in [0.5, 0.6) is 0 Å². The highest BCUT2D eigenvalue weighted by atomic mass is 19.1. The number of unbranched alkanes of at least 4 members (excludes halogenated alkanes) is 2. The molecule has 0 aromatic carbocycles. The van der Waals surface area contributed by atoms with Crippen LogP contribution in [-0.2, 0) is 9.53 Å². The van der Waals surface area contributed by atoms with E-state index in [1.165, 1.54) is 7.11 Å². The Morgan fingerprint density at radius 1 is 1.27 bits per heavy atom. The van der Waals surface area contributed by atoms with Crippen LogP contribution in [0.4, 0.5) is 4.39 Å². The summed E-state index contributed by atoms with van der Waals surface area (Å²) in [6, 6.07) is 0. The van der Waals surface area contributed by atoms with Gasteiger partial charge in [-0.2, -0.15) is 0 Å². The molecule has 0 spiro atoms. The lowest BCUT2D eigenvalue weighted by atomic mass is 9.93. The van der Waals surface area contributed by atoms with Gasteiger partial charge in [-0.05, 0) is 18.8 Å². The van der Waals surface area contributed by atoms with Crippen molar-refractivity contribution in [1.29, 1.82) is 0 Å². The van der Waals surface area contributed by atoms with Crippen molar-refractivity contribution in [1.82, 2.24) is 0 Å². The fourth-order valence-corrected chi connectivity index (χ4v) is 1.78. The minimum atomic E-state index is -0.227. The van der Waals surface area contributed by atoms with Gasteiger partial charge in [0.05, 0.1) is 13.8 Å². The minimum absolute atomic E-state index is 0.126. The zero-order chi connectivity index (χ0) is 11.5. The molecule has 0 aliphatic carbocycles. The van der Waals surface area contributed by atoms with Crippen LogP contribution in [0.1, 0.15) is 51.9 Å². The van der Waals surface area contributed by atoms with E-state index in [-0.39, 0.29) is 12.6 Å². The molecule has 0 aromatic rings. The summed E-state index contributed by atoms with van der Waals surface area (Å²) >= 11 is 0. The Labute approximate surface area is 92.2 Å². The number of carbonyl (C=O) groups excluding carboxylic acids is 1. The van der Waals surface area contributed by atoms with Crippen molar-refractivity contribution in [2.24, 2.45) is 5.92 Å². The molecule has 0 heterocycles. The second-order valence-electron chi connectivity index (χ2n) is 3.97. The largest absolute Gasteiger partial charge is 0.469 e. The number of carbonyl (C=O) groups is 1. The van der Waals surface area contributed by atoms with Crippen molar-refractivity contribution in [3.05, 3.63) is 0 Å². The summed E-state index contributed by atoms with van der Waals surface area (Å²) in [5.41, 5.74) is 0. The van der Waals surface area contributed by atoms with E-state index in [1.807, 2.05) is 0 Å². The molecule has 1 unspecified atom stereocenters. The van der Waals surface area contributed by atoms with Gasteiger partial charge in [-0.15, -0.1) is 0 Å². The average molecular weight is 218 g/mol. The fourth-order valence-electron chi connectivity index (χ4n) is 1.78. The molecule has 0 bridgehead atoms. The zero-order valence-electron chi connectivity index (χ0n) is 9.93. The van der Waals surface area contributed by atoms with Gasteiger partial charge in [0.1, 0.15) is 0 Å². The second kappa shape index (κ2) is 9.94. The van der Waals surface area contributed by atoms with E-state index >= 15 is 0 Å². The summed E-state index contributed by atoms with van der Waals surface area (Å²) < 4.78 is 16.5. The Morgan fingerprint density at radius 2 is 2.00 bits per heavy atom. The first-order valence-corrected chi connectivity index (χ1v) is 5.87. The van der Waals surface area contributed by atoms with Crippen LogP contribution in [0.25, 0.3) is 0 Å². The molecule has 0 aliphatic rings. The number of ether oxygens (including phenoxy) is 1. The van der Waals surface area contributed by atoms with Crippen LogP contribution in [0.15, 0.2) is 0 Å². The number of alkyl halides is 1. The summed E-state index contributed by atoms with van der Waals surface area (Å²) in [6.45, 7) is 1.89. The molecule has 0 aliphatic heterocycles. The first-order chi connectivity index (χ1) is 7.24. The molecule has 0 amide bonds. The van der Waals surface area contributed by atoms with Crippen LogP contribution in [-0.4, -0.2) is 19.8 Å². The lowest BCUT2D eigenvalue weighted by Crippen LogP contribution is -2.10. The highest BCUT2D eigenvalue weighted by molar-refractivity contribution is 5.69. The molecule has 2 nitrogen and oxygen atoms in total. The normalized spacial score (nSPS) is 12.5. The third-order valence-corrected chi connectivity index (χ3v) is 2.63. The van der Waals surface area contributed by atoms with Crippen LogP contribution in [0.3, 0.4) is 0 Å². The highest BCUT2D eigenvalue weighted by Gasteiger charge is 2.12. The van der Waals surface area contributed by atoms with Crippen molar-refractivity contribution < 1.29 is 13.9 Å². The Morgan fingerprint density at radius 3 is 2.53 bits per heavy atom. The number of esters is 1. The van der Waals surface area contributed by atoms with E-state index in [0.717, 1.165) is 32.1 Å². The maximum absolute atomic E-state index is 11.9. The predicted molar refractivity (Wildman–Crippen MR) is 59.5 cm³/mol. The summed E-state index contributed by atoms with van der Waals surface area (Å²) in [5, 5.41) is 0. The zero-order valence-corrected chi connectivity index (χ0v) is 9.93. The van der Waals surface area contributed by atoms with Gasteiger partial charge in [-0.3, -0.25) is 9.18 Å². The monoisotopic (exact) mass is 218 g/mol. The molecule has 15 heavy (non-hydrogen) atoms. The SMILES string of the molecule is CCCC(CCCCCF)CC(=O)OC. The summed E-state index contributed by atoms with van der Waals surface area (Å²) in [7, 11) is 1.43. The Kier molecular flexibility index (Phi) is 9.54. The van der Waals surface area contributed by atoms with Crippen LogP contribution in [0, 0.1) is 5.92 Å². The molecule has 0 N–H and O–H groups in total. The number of hydrogen-bond acceptors (Lipinski definition) is 2. The van der Waals surface area contributed by atoms with Crippen molar-refractivity contribution >= 4 is 5.97 Å². The Bertz CT molecular complexity index is 160. The molecule has 0 saturated heterocycles. The van der Waals surface area contributed by atoms with Crippen molar-refractivity contribution in [3.8, 4) is 0 Å². The van der Waals surface area contributed by atoms with E-state index in [0.29, 0.717) is 18.8 Å². The van der Waals surface area contributed by atoms with Gasteiger partial charge < -0.3 is 4.74 Å². The minimum Gasteiger partial charge on any atom is -0.469 e. The molecule has 1 atom stereocenters. The highest BCUT2D eigenvalue weighted by Crippen LogP contribution is 2.19. The topological polar surface area (TPSA) is 26.3 Å². The number of halogens is 1. The number of hydrogen-bond donors (Lipinski definition) is 0. The van der Waals surface area contributed by atoms with Crippen LogP contribution >= 0.6 is 0 Å². The van der Waals surface area contributed by atoms with Gasteiger partial charge in [0.25, 0.3) is 0 Å². The lowest BCUT2D eigenvalue weighted by molar-refractivity contribution is -0.141. The second-order valence-corrected chi connectivity index (χ2v) is 3.97. The third-order valence-electron chi connectivity index (χ3n) is 2.63. The van der Waals surface area contributed by atoms with Crippen LogP contribution in [0.2, 0.25) is 0 Å². The average Bonchev–Trinajstić information content (AvgIpc) is 2.24. The maximum atomic E-state index is 11.9. The Balaban J connectivity index is 3.67. The summed E-state index contributed by atoms with van der Waals surface area (Å²) in [6.07, 6.45) is 6.28. The van der Waals surface area contributed by atoms with E-state index < -0.39 is 0 Å². The maximum Gasteiger partial charge on any atom is 0.305 e. The van der Waals surface area contributed by atoms with Gasteiger partial charge in [-0.1, -0.05) is 32.6 Å². The van der Waals surface area contributed by atoms with Gasteiger partial charge in [-0.25, -0.2) is 0 Å². The first kappa shape index (κ1) is 14.4. The first-order valence-electron chi connectivity index (χ1n) is 5.87. The number of methoxy groups -OCH3 is 1. The molecule has 0 fully saturated rings. The van der Waals surface area contributed by atoms with Crippen molar-refractivity contribution in [2.45, 2.75) is 51.9 Å². The molecule has 0 rings (SSSR count). The predicted octanol–water partition coefficient (Wildman–Crippen LogP) is 3.50. The van der Waals surface area contributed by atoms with E-state index in [9.17, 15) is 9.18 Å². The third kappa shape index (κ3) is 8.40. The van der Waals surface area contributed by atoms with Gasteiger partial charge in [0.2, 0.25) is 0 Å². The van der Waals surface area contributed by atoms with Gasteiger partial charge in [0.15, 0.2) is 0 Å². The van der Waals surface area contributed by atoms with Crippen molar-refractivity contribution in [2.75, 3.05) is 13.8 Å². The van der Waals surface area contributed by atoms with Crippen LogP contribution < -0.4 is 0 Å². The smallest absolute Gasteiger partial charge is 0.305 e. The quantitative estimate of drug-likeness (QED) is 0.437. The van der Waals surface area contributed by atoms with E-state index in [1.54, 1.807) is 0 Å². The standard InChI is InChI=1S/C12H23FO2/c1-3-7-11(10-12(14)15-2)8-5-4-6-9-13/h11H,3-10H2,1-2H3. The molecule has 3 heteroatoms.